The van der Waals surface area contributed by atoms with E-state index in [1.807, 2.05) is 52.1 Å². The van der Waals surface area contributed by atoms with Crippen LogP contribution < -0.4 is 0 Å². The van der Waals surface area contributed by atoms with Crippen molar-refractivity contribution in [1.82, 2.24) is 0 Å². The first-order valence-corrected chi connectivity index (χ1v) is 5.49. The first kappa shape index (κ1) is 11.3. The molecule has 3 unspecified atom stereocenters. The predicted octanol–water partition coefficient (Wildman–Crippen LogP) is 2.62. The number of allylic oxidation sites excluding steroid dienone is 1. The summed E-state index contributed by atoms with van der Waals surface area (Å²) >= 11 is 3.82. The lowest BCUT2D eigenvalue weighted by Crippen LogP contribution is -2.27. The van der Waals surface area contributed by atoms with Crippen LogP contribution in [0.1, 0.15) is 6.42 Å². The largest absolute Gasteiger partial charge is 0.315 e. The van der Waals surface area contributed by atoms with Crippen molar-refractivity contribution in [3.63, 3.8) is 0 Å². The zero-order valence-corrected chi connectivity index (χ0v) is 10.8. The van der Waals surface area contributed by atoms with E-state index in [1.54, 1.807) is 0 Å². The molecule has 0 saturated heterocycles. The fourth-order valence-electron chi connectivity index (χ4n) is 1.27. The lowest BCUT2D eigenvalue weighted by Gasteiger charge is -2.27. The molecule has 0 heterocycles. The zero-order chi connectivity index (χ0) is 8.97. The molecule has 0 amide bonds. The van der Waals surface area contributed by atoms with E-state index in [4.69, 9.17) is 14.0 Å². The Hall–Kier alpha value is 1.18. The van der Waals surface area contributed by atoms with Gasteiger partial charge in [0.15, 0.2) is 0 Å². The maximum absolute atomic E-state index is 5.75. The minimum Gasteiger partial charge on any atom is -0.315 e. The van der Waals surface area contributed by atoms with Crippen molar-refractivity contribution >= 4 is 53.9 Å². The minimum absolute atomic E-state index is 0.134. The zero-order valence-electron chi connectivity index (χ0n) is 6.45. The molecule has 0 N–H and O–H groups in total. The third-order valence-corrected chi connectivity index (χ3v) is 2.97. The fraction of sp³-hybridized carbons (Fsp3) is 0.714. The molecule has 0 spiro atoms. The number of hydrogen-bond donors (Lipinski definition) is 0. The highest BCUT2D eigenvalue weighted by molar-refractivity contribution is 14.1. The predicted molar refractivity (Wildman–Crippen MR) is 65.6 cm³/mol. The summed E-state index contributed by atoms with van der Waals surface area (Å²) in [4.78, 5) is 0. The van der Waals surface area contributed by atoms with Gasteiger partial charge in [0.2, 0.25) is 0 Å². The summed E-state index contributed by atoms with van der Waals surface area (Å²) < 4.78 is 10.3. The molecule has 66 valence electrons. The van der Waals surface area contributed by atoms with Crippen molar-refractivity contribution in [2.75, 3.05) is 6.61 Å². The molecule has 0 aromatic heterocycles. The summed E-state index contributed by atoms with van der Waals surface area (Å²) in [6.45, 7) is 0.692. The Balaban J connectivity index is 2.52. The maximum Gasteiger partial charge on any atom is 0.110 e. The van der Waals surface area contributed by atoms with Crippen molar-refractivity contribution in [2.24, 2.45) is 5.92 Å². The van der Waals surface area contributed by atoms with Crippen molar-refractivity contribution in [2.45, 2.75) is 18.3 Å². The quantitative estimate of drug-likeness (QED) is 0.420. The van der Waals surface area contributed by atoms with E-state index >= 15 is 0 Å². The van der Waals surface area contributed by atoms with Crippen LogP contribution in [0.15, 0.2) is 12.2 Å². The molecule has 1 aliphatic rings. The van der Waals surface area contributed by atoms with Crippen LogP contribution in [0.5, 0.6) is 0 Å². The van der Waals surface area contributed by atoms with E-state index in [-0.39, 0.29) is 11.9 Å². The third-order valence-electron chi connectivity index (χ3n) is 1.96. The van der Waals surface area contributed by atoms with E-state index in [1.165, 1.54) is 0 Å². The summed E-state index contributed by atoms with van der Waals surface area (Å²) in [6.07, 6.45) is 5.17. The molecule has 1 aliphatic carbocycles. The number of hydrogen-bond acceptors (Lipinski definition) is 2. The SMILES string of the molecule is [B]C1C=CC(COI)C(OI)C1. The standard InChI is InChI=1S/C7H9BI2O2/c8-6-2-1-5(4-11-9)7(3-6)12-10/h1-2,5-7H,3-4H2. The lowest BCUT2D eigenvalue weighted by atomic mass is 9.75. The molecule has 0 saturated carbocycles. The smallest absolute Gasteiger partial charge is 0.110 e. The van der Waals surface area contributed by atoms with Gasteiger partial charge in [0, 0.05) is 5.92 Å². The fourth-order valence-corrected chi connectivity index (χ4v) is 2.27. The van der Waals surface area contributed by atoms with Crippen LogP contribution in [0.2, 0.25) is 5.82 Å². The first-order chi connectivity index (χ1) is 5.77. The summed E-state index contributed by atoms with van der Waals surface area (Å²) in [7, 11) is 5.75. The Kier molecular flexibility index (Phi) is 5.46. The van der Waals surface area contributed by atoms with Crippen molar-refractivity contribution in [1.29, 1.82) is 0 Å². The van der Waals surface area contributed by atoms with Gasteiger partial charge in [-0.2, -0.15) is 0 Å². The van der Waals surface area contributed by atoms with Crippen LogP contribution in [0.4, 0.5) is 0 Å². The summed E-state index contributed by atoms with van der Waals surface area (Å²) in [5, 5.41) is 0. The molecule has 5 heteroatoms. The molecule has 0 aromatic carbocycles. The molecular weight excluding hydrogens is 381 g/mol. The van der Waals surface area contributed by atoms with Crippen LogP contribution in [-0.2, 0) is 6.13 Å². The van der Waals surface area contributed by atoms with Crippen LogP contribution in [0.25, 0.3) is 0 Å². The molecule has 3 atom stereocenters. The van der Waals surface area contributed by atoms with Gasteiger partial charge in [0.1, 0.15) is 46.0 Å². The van der Waals surface area contributed by atoms with E-state index in [0.717, 1.165) is 6.42 Å². The summed E-state index contributed by atoms with van der Waals surface area (Å²) in [5.41, 5.74) is 0. The van der Waals surface area contributed by atoms with Gasteiger partial charge in [0.25, 0.3) is 0 Å². The monoisotopic (exact) mass is 390 g/mol. The highest BCUT2D eigenvalue weighted by Gasteiger charge is 2.24. The Labute approximate surface area is 102 Å². The van der Waals surface area contributed by atoms with Crippen LogP contribution in [0.3, 0.4) is 0 Å². The topological polar surface area (TPSA) is 18.5 Å². The van der Waals surface area contributed by atoms with Gasteiger partial charge >= 0.3 is 0 Å². The molecular formula is C7H9BI2O2. The second kappa shape index (κ2) is 5.82. The van der Waals surface area contributed by atoms with Crippen molar-refractivity contribution in [3.05, 3.63) is 12.2 Å². The molecule has 0 fully saturated rings. The average Bonchev–Trinajstić information content (AvgIpc) is 2.08. The highest BCUT2D eigenvalue weighted by Crippen LogP contribution is 2.28. The maximum atomic E-state index is 5.75. The normalized spacial score (nSPS) is 35.3. The van der Waals surface area contributed by atoms with Gasteiger partial charge in [0.05, 0.1) is 20.6 Å². The van der Waals surface area contributed by atoms with Gasteiger partial charge < -0.3 is 6.13 Å². The van der Waals surface area contributed by atoms with Crippen molar-refractivity contribution in [3.8, 4) is 0 Å². The number of halogens is 2. The number of rotatable bonds is 3. The second-order valence-electron chi connectivity index (χ2n) is 2.85. The molecule has 0 aromatic rings. The van der Waals surface area contributed by atoms with Gasteiger partial charge in [-0.15, -0.1) is 0 Å². The van der Waals surface area contributed by atoms with Gasteiger partial charge in [-0.1, -0.05) is 18.0 Å². The van der Waals surface area contributed by atoms with E-state index in [0.29, 0.717) is 12.5 Å². The van der Waals surface area contributed by atoms with Crippen LogP contribution >= 0.6 is 46.0 Å². The van der Waals surface area contributed by atoms with Gasteiger partial charge in [-0.3, -0.25) is 0 Å². The Morgan fingerprint density at radius 2 is 2.17 bits per heavy atom. The van der Waals surface area contributed by atoms with E-state index in [2.05, 4.69) is 6.08 Å². The molecule has 0 bridgehead atoms. The lowest BCUT2D eigenvalue weighted by molar-refractivity contribution is 0.169. The average molecular weight is 390 g/mol. The molecule has 12 heavy (non-hydrogen) atoms. The third kappa shape index (κ3) is 3.15. The first-order valence-electron chi connectivity index (χ1n) is 3.72. The Morgan fingerprint density at radius 1 is 1.42 bits per heavy atom. The Morgan fingerprint density at radius 3 is 2.75 bits per heavy atom. The molecule has 2 nitrogen and oxygen atoms in total. The van der Waals surface area contributed by atoms with Crippen molar-refractivity contribution < 1.29 is 6.13 Å². The van der Waals surface area contributed by atoms with Crippen LogP contribution in [0, 0.1) is 5.92 Å². The van der Waals surface area contributed by atoms with Gasteiger partial charge in [-0.05, 0) is 6.42 Å². The Bertz CT molecular complexity index is 165. The summed E-state index contributed by atoms with van der Waals surface area (Å²) in [5.74, 6) is 0.480. The van der Waals surface area contributed by atoms with Gasteiger partial charge in [-0.25, -0.2) is 0 Å². The van der Waals surface area contributed by atoms with E-state index < -0.39 is 0 Å². The van der Waals surface area contributed by atoms with Crippen LogP contribution in [-0.4, -0.2) is 20.6 Å². The second-order valence-corrected chi connectivity index (χ2v) is 3.98. The summed E-state index contributed by atoms with van der Waals surface area (Å²) in [6, 6.07) is 0. The highest BCUT2D eigenvalue weighted by atomic mass is 127. The van der Waals surface area contributed by atoms with E-state index in [9.17, 15) is 0 Å². The molecule has 1 rings (SSSR count). The molecule has 0 aliphatic heterocycles. The minimum atomic E-state index is 0.134. The molecule has 2 radical (unpaired) electrons.